The van der Waals surface area contributed by atoms with Crippen LogP contribution in [0.3, 0.4) is 0 Å². The molecule has 0 spiro atoms. The largest absolute Gasteiger partial charge is 0.382 e. The van der Waals surface area contributed by atoms with Crippen LogP contribution >= 0.6 is 15.9 Å². The number of piperidine rings is 1. The van der Waals surface area contributed by atoms with Crippen LogP contribution in [0.25, 0.3) is 0 Å². The van der Waals surface area contributed by atoms with E-state index in [0.717, 1.165) is 13.2 Å². The SMILES string of the molecule is CCOCCCN1CCCC(Br)C1. The number of hydrogen-bond donors (Lipinski definition) is 0. The Morgan fingerprint density at radius 1 is 1.54 bits per heavy atom. The van der Waals surface area contributed by atoms with Crippen LogP contribution in [0, 0.1) is 0 Å². The average molecular weight is 250 g/mol. The molecular weight excluding hydrogens is 230 g/mol. The lowest BCUT2D eigenvalue weighted by Gasteiger charge is -2.29. The average Bonchev–Trinajstić information content (AvgIpc) is 2.13. The maximum atomic E-state index is 5.31. The van der Waals surface area contributed by atoms with Crippen molar-refractivity contribution in [2.75, 3.05) is 32.8 Å². The van der Waals surface area contributed by atoms with Gasteiger partial charge in [-0.15, -0.1) is 0 Å². The third kappa shape index (κ3) is 4.99. The molecule has 3 heteroatoms. The fraction of sp³-hybridized carbons (Fsp3) is 1.00. The van der Waals surface area contributed by atoms with Gasteiger partial charge in [-0.25, -0.2) is 0 Å². The second-order valence-corrected chi connectivity index (χ2v) is 4.89. The summed E-state index contributed by atoms with van der Waals surface area (Å²) in [5, 5.41) is 0. The summed E-state index contributed by atoms with van der Waals surface area (Å²) in [5.74, 6) is 0. The second kappa shape index (κ2) is 6.80. The summed E-state index contributed by atoms with van der Waals surface area (Å²) < 4.78 is 5.31. The Kier molecular flexibility index (Phi) is 6.00. The Hall–Kier alpha value is 0.400. The smallest absolute Gasteiger partial charge is 0.0478 e. The van der Waals surface area contributed by atoms with E-state index in [4.69, 9.17) is 4.74 Å². The highest BCUT2D eigenvalue weighted by Gasteiger charge is 2.16. The van der Waals surface area contributed by atoms with Crippen molar-refractivity contribution in [3.63, 3.8) is 0 Å². The van der Waals surface area contributed by atoms with Gasteiger partial charge in [-0.1, -0.05) is 15.9 Å². The lowest BCUT2D eigenvalue weighted by Crippen LogP contribution is -2.36. The summed E-state index contributed by atoms with van der Waals surface area (Å²) in [7, 11) is 0. The van der Waals surface area contributed by atoms with Gasteiger partial charge >= 0.3 is 0 Å². The monoisotopic (exact) mass is 249 g/mol. The fourth-order valence-corrected chi connectivity index (χ4v) is 2.47. The number of ether oxygens (including phenoxy) is 1. The minimum atomic E-state index is 0.716. The summed E-state index contributed by atoms with van der Waals surface area (Å²) in [5.41, 5.74) is 0. The van der Waals surface area contributed by atoms with Gasteiger partial charge in [0.2, 0.25) is 0 Å². The molecule has 0 saturated carbocycles. The van der Waals surface area contributed by atoms with Gasteiger partial charge in [-0.05, 0) is 32.7 Å². The molecule has 1 unspecified atom stereocenters. The van der Waals surface area contributed by atoms with Crippen LogP contribution < -0.4 is 0 Å². The molecule has 0 aromatic rings. The van der Waals surface area contributed by atoms with E-state index in [1.54, 1.807) is 0 Å². The van der Waals surface area contributed by atoms with Crippen molar-refractivity contribution in [1.29, 1.82) is 0 Å². The lowest BCUT2D eigenvalue weighted by molar-refractivity contribution is 0.128. The van der Waals surface area contributed by atoms with E-state index < -0.39 is 0 Å². The fourth-order valence-electron chi connectivity index (χ4n) is 1.74. The molecule has 1 atom stereocenters. The van der Waals surface area contributed by atoms with Gasteiger partial charge in [-0.2, -0.15) is 0 Å². The Morgan fingerprint density at radius 3 is 3.08 bits per heavy atom. The molecular formula is C10H20BrNO. The predicted molar refractivity (Wildman–Crippen MR) is 59.5 cm³/mol. The third-order valence-electron chi connectivity index (χ3n) is 2.42. The van der Waals surface area contributed by atoms with Gasteiger partial charge < -0.3 is 9.64 Å². The summed E-state index contributed by atoms with van der Waals surface area (Å²) >= 11 is 3.68. The molecule has 13 heavy (non-hydrogen) atoms. The van der Waals surface area contributed by atoms with Gasteiger partial charge in [-0.3, -0.25) is 0 Å². The topological polar surface area (TPSA) is 12.5 Å². The first-order chi connectivity index (χ1) is 6.33. The summed E-state index contributed by atoms with van der Waals surface area (Å²) in [6.45, 7) is 7.50. The number of likely N-dealkylation sites (tertiary alicyclic amines) is 1. The maximum Gasteiger partial charge on any atom is 0.0478 e. The third-order valence-corrected chi connectivity index (χ3v) is 3.16. The Balaban J connectivity index is 2.00. The number of rotatable bonds is 5. The van der Waals surface area contributed by atoms with E-state index in [9.17, 15) is 0 Å². The summed E-state index contributed by atoms with van der Waals surface area (Å²) in [6.07, 6.45) is 3.85. The second-order valence-electron chi connectivity index (χ2n) is 3.59. The van der Waals surface area contributed by atoms with Crippen molar-refractivity contribution in [3.8, 4) is 0 Å². The molecule has 0 radical (unpaired) electrons. The molecule has 1 aliphatic rings. The number of alkyl halides is 1. The summed E-state index contributed by atoms with van der Waals surface area (Å²) in [4.78, 5) is 3.25. The van der Waals surface area contributed by atoms with Gasteiger partial charge in [0, 0.05) is 31.1 Å². The van der Waals surface area contributed by atoms with E-state index in [2.05, 4.69) is 27.8 Å². The van der Waals surface area contributed by atoms with Crippen molar-refractivity contribution < 1.29 is 4.74 Å². The van der Waals surface area contributed by atoms with E-state index in [1.807, 2.05) is 0 Å². The first-order valence-electron chi connectivity index (χ1n) is 5.27. The van der Waals surface area contributed by atoms with Crippen molar-refractivity contribution in [1.82, 2.24) is 4.90 Å². The van der Waals surface area contributed by atoms with Crippen molar-refractivity contribution in [3.05, 3.63) is 0 Å². The zero-order valence-corrected chi connectivity index (χ0v) is 10.1. The van der Waals surface area contributed by atoms with E-state index >= 15 is 0 Å². The molecule has 1 aliphatic heterocycles. The number of nitrogens with zero attached hydrogens (tertiary/aromatic N) is 1. The van der Waals surface area contributed by atoms with E-state index in [1.165, 1.54) is 38.9 Å². The normalized spacial score (nSPS) is 24.9. The van der Waals surface area contributed by atoms with Crippen LogP contribution in [0.5, 0.6) is 0 Å². The minimum absolute atomic E-state index is 0.716. The highest BCUT2D eigenvalue weighted by Crippen LogP contribution is 2.16. The molecule has 1 saturated heterocycles. The Labute approximate surface area is 89.8 Å². The van der Waals surface area contributed by atoms with Crippen LogP contribution in [0.15, 0.2) is 0 Å². The van der Waals surface area contributed by atoms with Crippen molar-refractivity contribution in [2.45, 2.75) is 31.0 Å². The zero-order valence-electron chi connectivity index (χ0n) is 8.47. The van der Waals surface area contributed by atoms with Crippen LogP contribution in [0.4, 0.5) is 0 Å². The minimum Gasteiger partial charge on any atom is -0.382 e. The van der Waals surface area contributed by atoms with Gasteiger partial charge in [0.1, 0.15) is 0 Å². The zero-order chi connectivity index (χ0) is 9.52. The molecule has 0 amide bonds. The molecule has 0 aromatic heterocycles. The quantitative estimate of drug-likeness (QED) is 0.548. The first-order valence-corrected chi connectivity index (χ1v) is 6.18. The van der Waals surface area contributed by atoms with Gasteiger partial charge in [0.05, 0.1) is 0 Å². The Bertz CT molecular complexity index is 132. The van der Waals surface area contributed by atoms with Crippen LogP contribution in [-0.2, 0) is 4.74 Å². The molecule has 0 N–H and O–H groups in total. The highest BCUT2D eigenvalue weighted by atomic mass is 79.9. The van der Waals surface area contributed by atoms with Crippen LogP contribution in [0.1, 0.15) is 26.2 Å². The van der Waals surface area contributed by atoms with E-state index in [0.29, 0.717) is 4.83 Å². The standard InChI is InChI=1S/C10H20BrNO/c1-2-13-8-4-7-12-6-3-5-10(11)9-12/h10H,2-9H2,1H3. The predicted octanol–water partition coefficient (Wildman–Crippen LogP) is 2.27. The highest BCUT2D eigenvalue weighted by molar-refractivity contribution is 9.09. The van der Waals surface area contributed by atoms with Crippen LogP contribution in [0.2, 0.25) is 0 Å². The Morgan fingerprint density at radius 2 is 2.38 bits per heavy atom. The number of halogens is 1. The molecule has 0 aliphatic carbocycles. The summed E-state index contributed by atoms with van der Waals surface area (Å²) in [6, 6.07) is 0. The molecule has 1 rings (SSSR count). The molecule has 2 nitrogen and oxygen atoms in total. The van der Waals surface area contributed by atoms with Crippen molar-refractivity contribution >= 4 is 15.9 Å². The lowest BCUT2D eigenvalue weighted by atomic mass is 10.1. The molecule has 1 fully saturated rings. The van der Waals surface area contributed by atoms with Crippen LogP contribution in [-0.4, -0.2) is 42.6 Å². The molecule has 78 valence electrons. The van der Waals surface area contributed by atoms with Gasteiger partial charge in [0.25, 0.3) is 0 Å². The van der Waals surface area contributed by atoms with Crippen molar-refractivity contribution in [2.24, 2.45) is 0 Å². The number of hydrogen-bond acceptors (Lipinski definition) is 2. The van der Waals surface area contributed by atoms with Gasteiger partial charge in [0.15, 0.2) is 0 Å². The molecule has 1 heterocycles. The first kappa shape index (κ1) is 11.5. The molecule has 0 bridgehead atoms. The molecule has 0 aromatic carbocycles. The van der Waals surface area contributed by atoms with E-state index in [-0.39, 0.29) is 0 Å². The maximum absolute atomic E-state index is 5.31.